The van der Waals surface area contributed by atoms with Crippen molar-refractivity contribution in [2.24, 2.45) is 4.40 Å². The molecule has 5 nitrogen and oxygen atoms in total. The summed E-state index contributed by atoms with van der Waals surface area (Å²) in [6.07, 6.45) is 1.65. The molecule has 2 rings (SSSR count). The molecular formula is C11H15N3O2S. The predicted octanol–water partition coefficient (Wildman–Crippen LogP) is 1.08. The van der Waals surface area contributed by atoms with Gasteiger partial charge in [-0.1, -0.05) is 6.07 Å². The van der Waals surface area contributed by atoms with Gasteiger partial charge in [-0.25, -0.2) is 0 Å². The zero-order valence-electron chi connectivity index (χ0n) is 9.63. The summed E-state index contributed by atoms with van der Waals surface area (Å²) in [6.45, 7) is 0.852. The summed E-state index contributed by atoms with van der Waals surface area (Å²) in [7, 11) is -1.78. The molecule has 1 heterocycles. The second-order valence-electron chi connectivity index (χ2n) is 4.08. The van der Waals surface area contributed by atoms with Crippen molar-refractivity contribution in [3.63, 3.8) is 0 Å². The molecule has 92 valence electrons. The Balaban J connectivity index is 2.37. The van der Waals surface area contributed by atoms with Crippen LogP contribution in [0.4, 0.5) is 5.69 Å². The van der Waals surface area contributed by atoms with Crippen LogP contribution in [0.5, 0.6) is 0 Å². The summed E-state index contributed by atoms with van der Waals surface area (Å²) in [5.74, 6) is 0.618. The van der Waals surface area contributed by atoms with Crippen molar-refractivity contribution < 1.29 is 8.42 Å². The number of nitrogens with two attached hydrogens (primary N) is 1. The number of sulfonamides is 1. The maximum atomic E-state index is 12.0. The number of rotatable bonds is 2. The first kappa shape index (κ1) is 11.9. The van der Waals surface area contributed by atoms with E-state index in [0.29, 0.717) is 17.9 Å². The molecule has 1 saturated heterocycles. The van der Waals surface area contributed by atoms with Gasteiger partial charge in [0, 0.05) is 25.7 Å². The highest BCUT2D eigenvalue weighted by Gasteiger charge is 2.20. The maximum absolute atomic E-state index is 12.0. The molecule has 0 radical (unpaired) electrons. The topological polar surface area (TPSA) is 75.8 Å². The predicted molar refractivity (Wildman–Crippen MR) is 67.3 cm³/mol. The molecule has 0 bridgehead atoms. The van der Waals surface area contributed by atoms with Crippen LogP contribution >= 0.6 is 0 Å². The standard InChI is InChI=1S/C11H15N3O2S/c1-14-7-3-6-11(14)13-17(15,16)10-5-2-4-9(12)8-10/h2,4-5,8H,3,6-7,12H2,1H3/b13-11+. The summed E-state index contributed by atoms with van der Waals surface area (Å²) in [5, 5.41) is 0. The van der Waals surface area contributed by atoms with Gasteiger partial charge in [0.15, 0.2) is 0 Å². The van der Waals surface area contributed by atoms with Gasteiger partial charge in [-0.05, 0) is 24.6 Å². The Morgan fingerprint density at radius 2 is 2.18 bits per heavy atom. The number of nitrogens with zero attached hydrogens (tertiary/aromatic N) is 2. The molecule has 2 N–H and O–H groups in total. The molecule has 6 heteroatoms. The first-order valence-corrected chi connectivity index (χ1v) is 6.83. The van der Waals surface area contributed by atoms with Gasteiger partial charge in [0.2, 0.25) is 0 Å². The molecule has 0 aromatic heterocycles. The molecule has 1 aromatic carbocycles. The van der Waals surface area contributed by atoms with E-state index in [2.05, 4.69) is 4.40 Å². The van der Waals surface area contributed by atoms with E-state index < -0.39 is 10.0 Å². The Morgan fingerprint density at radius 3 is 2.76 bits per heavy atom. The van der Waals surface area contributed by atoms with Gasteiger partial charge >= 0.3 is 0 Å². The normalized spacial score (nSPS) is 18.9. The number of nitrogen functional groups attached to an aromatic ring is 1. The van der Waals surface area contributed by atoms with Crippen molar-refractivity contribution in [1.82, 2.24) is 4.90 Å². The zero-order chi connectivity index (χ0) is 12.5. The highest BCUT2D eigenvalue weighted by Crippen LogP contribution is 2.18. The molecule has 0 aliphatic carbocycles. The van der Waals surface area contributed by atoms with Crippen LogP contribution in [0.3, 0.4) is 0 Å². The number of amidine groups is 1. The Morgan fingerprint density at radius 1 is 1.41 bits per heavy atom. The van der Waals surface area contributed by atoms with Crippen LogP contribution in [0.1, 0.15) is 12.8 Å². The molecule has 1 aromatic rings. The van der Waals surface area contributed by atoms with Crippen LogP contribution in [-0.4, -0.2) is 32.7 Å². The average molecular weight is 253 g/mol. The molecule has 0 spiro atoms. The molecule has 1 fully saturated rings. The second kappa shape index (κ2) is 4.37. The molecule has 0 atom stereocenters. The number of anilines is 1. The summed E-state index contributed by atoms with van der Waals surface area (Å²) < 4.78 is 27.9. The lowest BCUT2D eigenvalue weighted by molar-refractivity contribution is 0.548. The molecule has 17 heavy (non-hydrogen) atoms. The Kier molecular flexibility index (Phi) is 3.06. The third kappa shape index (κ3) is 2.58. The first-order valence-electron chi connectivity index (χ1n) is 5.39. The van der Waals surface area contributed by atoms with Crippen molar-refractivity contribution in [3.05, 3.63) is 24.3 Å². The minimum Gasteiger partial charge on any atom is -0.399 e. The molecule has 0 unspecified atom stereocenters. The van der Waals surface area contributed by atoms with Crippen molar-refractivity contribution in [2.75, 3.05) is 19.3 Å². The van der Waals surface area contributed by atoms with Gasteiger partial charge in [0.05, 0.1) is 4.90 Å². The fourth-order valence-electron chi connectivity index (χ4n) is 1.78. The molecule has 0 amide bonds. The van der Waals surface area contributed by atoms with E-state index in [1.54, 1.807) is 12.1 Å². The fourth-order valence-corrected chi connectivity index (χ4v) is 2.93. The summed E-state index contributed by atoms with van der Waals surface area (Å²) in [4.78, 5) is 2.01. The van der Waals surface area contributed by atoms with Crippen molar-refractivity contribution in [3.8, 4) is 0 Å². The summed E-state index contributed by atoms with van der Waals surface area (Å²) >= 11 is 0. The zero-order valence-corrected chi connectivity index (χ0v) is 10.4. The van der Waals surface area contributed by atoms with Crippen LogP contribution in [0.2, 0.25) is 0 Å². The highest BCUT2D eigenvalue weighted by atomic mass is 32.2. The van der Waals surface area contributed by atoms with Crippen molar-refractivity contribution in [2.45, 2.75) is 17.7 Å². The Labute approximate surface area is 101 Å². The third-order valence-electron chi connectivity index (χ3n) is 2.72. The molecule has 1 aliphatic heterocycles. The molecule has 1 aliphatic rings. The van der Waals surface area contributed by atoms with Crippen molar-refractivity contribution >= 4 is 21.5 Å². The van der Waals surface area contributed by atoms with Gasteiger partial charge in [0.25, 0.3) is 10.0 Å². The molecular weight excluding hydrogens is 238 g/mol. The highest BCUT2D eigenvalue weighted by molar-refractivity contribution is 7.90. The van der Waals surface area contributed by atoms with E-state index in [-0.39, 0.29) is 4.90 Å². The van der Waals surface area contributed by atoms with E-state index in [4.69, 9.17) is 5.73 Å². The largest absolute Gasteiger partial charge is 0.399 e. The Bertz CT molecular complexity index is 552. The van der Waals surface area contributed by atoms with Crippen LogP contribution in [-0.2, 0) is 10.0 Å². The van der Waals surface area contributed by atoms with Gasteiger partial charge in [-0.2, -0.15) is 8.42 Å². The minimum absolute atomic E-state index is 0.144. The van der Waals surface area contributed by atoms with Crippen LogP contribution < -0.4 is 5.73 Å². The average Bonchev–Trinajstić information content (AvgIpc) is 2.64. The number of hydrogen-bond acceptors (Lipinski definition) is 3. The second-order valence-corrected chi connectivity index (χ2v) is 5.68. The minimum atomic E-state index is -3.63. The van der Waals surface area contributed by atoms with Crippen LogP contribution in [0, 0.1) is 0 Å². The first-order chi connectivity index (χ1) is 7.99. The van der Waals surface area contributed by atoms with E-state index in [9.17, 15) is 8.42 Å². The lowest BCUT2D eigenvalue weighted by Crippen LogP contribution is -2.20. The number of likely N-dealkylation sites (tertiary alicyclic amines) is 1. The quantitative estimate of drug-likeness (QED) is 0.800. The maximum Gasteiger partial charge on any atom is 0.284 e. The van der Waals surface area contributed by atoms with Crippen molar-refractivity contribution in [1.29, 1.82) is 0 Å². The van der Waals surface area contributed by atoms with E-state index in [1.807, 2.05) is 11.9 Å². The third-order valence-corrected chi connectivity index (χ3v) is 4.02. The smallest absolute Gasteiger partial charge is 0.284 e. The van der Waals surface area contributed by atoms with Gasteiger partial charge in [-0.15, -0.1) is 4.40 Å². The summed E-state index contributed by atoms with van der Waals surface area (Å²) in [6, 6.07) is 6.19. The number of benzene rings is 1. The lowest BCUT2D eigenvalue weighted by atomic mass is 10.3. The van der Waals surface area contributed by atoms with Gasteiger partial charge < -0.3 is 10.6 Å². The Hall–Kier alpha value is -1.56. The van der Waals surface area contributed by atoms with Gasteiger partial charge in [-0.3, -0.25) is 0 Å². The van der Waals surface area contributed by atoms with Crippen LogP contribution in [0.15, 0.2) is 33.6 Å². The SMILES string of the molecule is CN1CCC/C1=N\S(=O)(=O)c1cccc(N)c1. The van der Waals surface area contributed by atoms with E-state index in [1.165, 1.54) is 12.1 Å². The van der Waals surface area contributed by atoms with Gasteiger partial charge in [0.1, 0.15) is 5.84 Å². The van der Waals surface area contributed by atoms with Crippen LogP contribution in [0.25, 0.3) is 0 Å². The summed E-state index contributed by atoms with van der Waals surface area (Å²) in [5.41, 5.74) is 5.99. The van der Waals surface area contributed by atoms with E-state index in [0.717, 1.165) is 13.0 Å². The number of hydrogen-bond donors (Lipinski definition) is 1. The van der Waals surface area contributed by atoms with E-state index >= 15 is 0 Å². The molecule has 0 saturated carbocycles. The lowest BCUT2D eigenvalue weighted by Gasteiger charge is -2.10. The monoisotopic (exact) mass is 253 g/mol. The fraction of sp³-hybridized carbons (Fsp3) is 0.364.